The number of alkyl halides is 3. The van der Waals surface area contributed by atoms with Gasteiger partial charge in [0.15, 0.2) is 5.82 Å². The van der Waals surface area contributed by atoms with Gasteiger partial charge in [-0.2, -0.15) is 18.2 Å². The number of fused-ring (bicyclic) bond motifs is 2. The van der Waals surface area contributed by atoms with Gasteiger partial charge < -0.3 is 24.4 Å². The second-order valence-electron chi connectivity index (χ2n) is 11.4. The fourth-order valence-electron chi connectivity index (χ4n) is 5.07. The van der Waals surface area contributed by atoms with Crippen molar-refractivity contribution in [2.75, 3.05) is 36.0 Å². The number of nitrogens with one attached hydrogen (secondary N) is 1. The number of aromatic nitrogens is 5. The highest BCUT2D eigenvalue weighted by Crippen LogP contribution is 2.37. The van der Waals surface area contributed by atoms with E-state index in [0.717, 1.165) is 47.0 Å². The third kappa shape index (κ3) is 6.26. The number of carbonyl (C=O) groups is 1. The number of rotatable bonds is 7. The molecular formula is C26H35F3N8O2S. The van der Waals surface area contributed by atoms with Gasteiger partial charge >= 0.3 is 12.3 Å². The molecule has 3 aromatic heterocycles. The first-order valence-electron chi connectivity index (χ1n) is 13.7. The molecule has 1 atom stereocenters. The molecular weight excluding hydrogens is 545 g/mol. The maximum atomic E-state index is 13.4. The molecule has 40 heavy (non-hydrogen) atoms. The lowest BCUT2D eigenvalue weighted by molar-refractivity contribution is -0.147. The normalized spacial score (nSPS) is 17.9. The first-order chi connectivity index (χ1) is 18.9. The number of hydrogen-bond donors (Lipinski definition) is 1. The van der Waals surface area contributed by atoms with E-state index in [1.54, 1.807) is 11.3 Å². The average Bonchev–Trinajstić information content (AvgIpc) is 3.61. The van der Waals surface area contributed by atoms with Gasteiger partial charge in [-0.3, -0.25) is 0 Å². The zero-order valence-corrected chi connectivity index (χ0v) is 24.0. The van der Waals surface area contributed by atoms with E-state index in [1.807, 2.05) is 25.7 Å². The number of hydrogen-bond acceptors (Lipinski definition) is 9. The second-order valence-corrected chi connectivity index (χ2v) is 12.5. The minimum atomic E-state index is -4.55. The molecule has 5 rings (SSSR count). The standard InChI is InChI=1S/C26H35F3N8O2S/c1-5-6-7-17-12-18-20(35-10-11-37-19(15-35)33-34-22(37)26(27,28)29)31-23(32-21(18)40-17)36-9-8-16(14-36)13-30-24(38)39-25(2,3)4/h12,16H,5-11,13-15H2,1-4H3,(H,30,38). The van der Waals surface area contributed by atoms with Gasteiger partial charge in [-0.1, -0.05) is 13.3 Å². The lowest BCUT2D eigenvalue weighted by Crippen LogP contribution is -2.36. The summed E-state index contributed by atoms with van der Waals surface area (Å²) in [5, 5.41) is 11.0. The van der Waals surface area contributed by atoms with Crippen LogP contribution in [-0.4, -0.2) is 62.6 Å². The highest BCUT2D eigenvalue weighted by molar-refractivity contribution is 7.18. The molecule has 1 amide bonds. The van der Waals surface area contributed by atoms with Crippen molar-refractivity contribution in [1.29, 1.82) is 0 Å². The summed E-state index contributed by atoms with van der Waals surface area (Å²) in [6.07, 6.45) is -1.03. The first kappa shape index (κ1) is 28.4. The molecule has 1 N–H and O–H groups in total. The van der Waals surface area contributed by atoms with Gasteiger partial charge in [-0.15, -0.1) is 21.5 Å². The highest BCUT2D eigenvalue weighted by atomic mass is 32.1. The lowest BCUT2D eigenvalue weighted by atomic mass is 10.1. The van der Waals surface area contributed by atoms with E-state index < -0.39 is 23.7 Å². The molecule has 3 aromatic rings. The first-order valence-corrected chi connectivity index (χ1v) is 14.5. The fraction of sp³-hybridized carbons (Fsp3) is 0.654. The van der Waals surface area contributed by atoms with E-state index in [1.165, 1.54) is 4.88 Å². The van der Waals surface area contributed by atoms with Gasteiger partial charge in [-0.25, -0.2) is 9.78 Å². The summed E-state index contributed by atoms with van der Waals surface area (Å²) >= 11 is 1.64. The monoisotopic (exact) mass is 580 g/mol. The van der Waals surface area contributed by atoms with Gasteiger partial charge in [0.1, 0.15) is 16.2 Å². The Morgan fingerprint density at radius 1 is 1.15 bits per heavy atom. The Labute approximate surface area is 234 Å². The lowest BCUT2D eigenvalue weighted by Gasteiger charge is -2.30. The van der Waals surface area contributed by atoms with Crippen LogP contribution in [0.1, 0.15) is 63.5 Å². The summed E-state index contributed by atoms with van der Waals surface area (Å²) in [7, 11) is 0. The van der Waals surface area contributed by atoms with Crippen LogP contribution < -0.4 is 15.1 Å². The number of ether oxygens (including phenoxy) is 1. The largest absolute Gasteiger partial charge is 0.451 e. The van der Waals surface area contributed by atoms with Crippen molar-refractivity contribution < 1.29 is 22.7 Å². The number of halogens is 3. The van der Waals surface area contributed by atoms with E-state index >= 15 is 0 Å². The SMILES string of the molecule is CCCCc1cc2c(N3CCn4c(nnc4C(F)(F)F)C3)nc(N3CCC(CNC(=O)OC(C)(C)C)C3)nc2s1. The second kappa shape index (κ2) is 11.0. The number of nitrogens with zero attached hydrogens (tertiary/aromatic N) is 7. The number of amides is 1. The van der Waals surface area contributed by atoms with Gasteiger partial charge in [0, 0.05) is 37.6 Å². The van der Waals surface area contributed by atoms with Crippen LogP contribution in [0.15, 0.2) is 6.07 Å². The molecule has 218 valence electrons. The summed E-state index contributed by atoms with van der Waals surface area (Å²) in [4.78, 5) is 28.2. The molecule has 0 aromatic carbocycles. The molecule has 0 spiro atoms. The van der Waals surface area contributed by atoms with Crippen molar-refractivity contribution in [3.8, 4) is 0 Å². The van der Waals surface area contributed by atoms with Gasteiger partial charge in [0.2, 0.25) is 11.8 Å². The maximum absolute atomic E-state index is 13.4. The quantitative estimate of drug-likeness (QED) is 0.416. The molecule has 1 unspecified atom stereocenters. The van der Waals surface area contributed by atoms with Gasteiger partial charge in [0.05, 0.1) is 11.9 Å². The van der Waals surface area contributed by atoms with Crippen LogP contribution in [0.2, 0.25) is 0 Å². The van der Waals surface area contributed by atoms with Crippen LogP contribution in [0.3, 0.4) is 0 Å². The Morgan fingerprint density at radius 3 is 2.67 bits per heavy atom. The minimum Gasteiger partial charge on any atom is -0.444 e. The number of carbonyl (C=O) groups excluding carboxylic acids is 1. The van der Waals surface area contributed by atoms with E-state index in [2.05, 4.69) is 33.4 Å². The third-order valence-corrected chi connectivity index (χ3v) is 8.09. The number of unbranched alkanes of at least 4 members (excludes halogenated alkanes) is 1. The van der Waals surface area contributed by atoms with E-state index in [-0.39, 0.29) is 24.8 Å². The highest BCUT2D eigenvalue weighted by Gasteiger charge is 2.40. The van der Waals surface area contributed by atoms with Crippen molar-refractivity contribution in [1.82, 2.24) is 30.0 Å². The molecule has 0 aliphatic carbocycles. The van der Waals surface area contributed by atoms with Crippen LogP contribution in [-0.2, 0) is 30.4 Å². The zero-order valence-electron chi connectivity index (χ0n) is 23.2. The molecule has 14 heteroatoms. The van der Waals surface area contributed by atoms with Crippen molar-refractivity contribution in [3.05, 3.63) is 22.6 Å². The Kier molecular flexibility index (Phi) is 7.81. The topological polar surface area (TPSA) is 101 Å². The van der Waals surface area contributed by atoms with Crippen molar-refractivity contribution >= 4 is 39.4 Å². The molecule has 0 bridgehead atoms. The Hall–Kier alpha value is -3.16. The molecule has 0 radical (unpaired) electrons. The molecule has 1 fully saturated rings. The molecule has 2 aliphatic rings. The Balaban J connectivity index is 1.38. The average molecular weight is 581 g/mol. The summed E-state index contributed by atoms with van der Waals surface area (Å²) in [6, 6.07) is 2.12. The van der Waals surface area contributed by atoms with Gasteiger partial charge in [0.25, 0.3) is 0 Å². The number of thiophene rings is 1. The molecule has 1 saturated heterocycles. The molecule has 5 heterocycles. The number of anilines is 2. The van der Waals surface area contributed by atoms with Crippen LogP contribution >= 0.6 is 11.3 Å². The molecule has 0 saturated carbocycles. The zero-order chi connectivity index (χ0) is 28.7. The predicted octanol–water partition coefficient (Wildman–Crippen LogP) is 5.02. The van der Waals surface area contributed by atoms with Gasteiger partial charge in [-0.05, 0) is 52.0 Å². The number of aryl methyl sites for hydroxylation is 1. The Morgan fingerprint density at radius 2 is 1.95 bits per heavy atom. The summed E-state index contributed by atoms with van der Waals surface area (Å²) in [6.45, 7) is 10.2. The van der Waals surface area contributed by atoms with Crippen LogP contribution in [0.25, 0.3) is 10.2 Å². The Bertz CT molecular complexity index is 1370. The molecule has 2 aliphatic heterocycles. The third-order valence-electron chi connectivity index (χ3n) is 7.00. The number of alkyl carbamates (subject to hydrolysis) is 1. The van der Waals surface area contributed by atoms with Crippen molar-refractivity contribution in [3.63, 3.8) is 0 Å². The van der Waals surface area contributed by atoms with Crippen LogP contribution in [0.4, 0.5) is 29.7 Å². The maximum Gasteiger partial charge on any atom is 0.451 e. The van der Waals surface area contributed by atoms with E-state index in [0.29, 0.717) is 31.4 Å². The fourth-order valence-corrected chi connectivity index (χ4v) is 6.13. The van der Waals surface area contributed by atoms with Crippen molar-refractivity contribution in [2.24, 2.45) is 5.92 Å². The van der Waals surface area contributed by atoms with E-state index in [9.17, 15) is 18.0 Å². The minimum absolute atomic E-state index is 0.118. The van der Waals surface area contributed by atoms with Crippen LogP contribution in [0, 0.1) is 5.92 Å². The van der Waals surface area contributed by atoms with Crippen LogP contribution in [0.5, 0.6) is 0 Å². The summed E-state index contributed by atoms with van der Waals surface area (Å²) < 4.78 is 46.6. The van der Waals surface area contributed by atoms with Crippen molar-refractivity contribution in [2.45, 2.75) is 78.2 Å². The van der Waals surface area contributed by atoms with E-state index in [4.69, 9.17) is 14.7 Å². The molecule has 10 nitrogen and oxygen atoms in total. The summed E-state index contributed by atoms with van der Waals surface area (Å²) in [5.41, 5.74) is -0.557. The smallest absolute Gasteiger partial charge is 0.444 e. The predicted molar refractivity (Wildman–Crippen MR) is 147 cm³/mol. The summed E-state index contributed by atoms with van der Waals surface area (Å²) in [5.74, 6) is 0.818.